The Morgan fingerprint density at radius 3 is 2.55 bits per heavy atom. The van der Waals surface area contributed by atoms with E-state index >= 15 is 0 Å². The van der Waals surface area contributed by atoms with Crippen LogP contribution in [0, 0.1) is 11.6 Å². The lowest BCUT2D eigenvalue weighted by Crippen LogP contribution is -2.21. The summed E-state index contributed by atoms with van der Waals surface area (Å²) < 4.78 is 26.8. The molecule has 0 unspecified atom stereocenters. The van der Waals surface area contributed by atoms with Gasteiger partial charge in [0.05, 0.1) is 0 Å². The molecule has 0 atom stereocenters. The molecule has 4 heteroatoms. The zero-order valence-corrected chi connectivity index (χ0v) is 11.1. The molecule has 0 saturated heterocycles. The average Bonchev–Trinajstić information content (AvgIpc) is 2.82. The first kappa shape index (κ1) is 13.1. The molecule has 1 aliphatic rings. The van der Waals surface area contributed by atoms with Crippen molar-refractivity contribution >= 4 is 5.69 Å². The predicted molar refractivity (Wildman–Crippen MR) is 75.4 cm³/mol. The average molecular weight is 274 g/mol. The van der Waals surface area contributed by atoms with Gasteiger partial charge < -0.3 is 10.6 Å². The van der Waals surface area contributed by atoms with Crippen LogP contribution >= 0.6 is 0 Å². The maximum absolute atomic E-state index is 13.4. The molecule has 0 fully saturated rings. The monoisotopic (exact) mass is 274 g/mol. The van der Waals surface area contributed by atoms with Crippen LogP contribution in [0.5, 0.6) is 0 Å². The quantitative estimate of drug-likeness (QED) is 0.932. The molecule has 0 aromatic heterocycles. The number of nitrogens with zero attached hydrogens (tertiary/aromatic N) is 1. The molecule has 3 rings (SSSR count). The maximum atomic E-state index is 13.4. The van der Waals surface area contributed by atoms with Gasteiger partial charge >= 0.3 is 0 Å². The van der Waals surface area contributed by atoms with Crippen molar-refractivity contribution in [1.82, 2.24) is 0 Å². The summed E-state index contributed by atoms with van der Waals surface area (Å²) in [4.78, 5) is 2.08. The highest BCUT2D eigenvalue weighted by Gasteiger charge is 2.20. The first-order valence-corrected chi connectivity index (χ1v) is 6.68. The van der Waals surface area contributed by atoms with Crippen molar-refractivity contribution in [3.63, 3.8) is 0 Å². The third-order valence-corrected chi connectivity index (χ3v) is 3.79. The van der Waals surface area contributed by atoms with Gasteiger partial charge in [0.25, 0.3) is 0 Å². The topological polar surface area (TPSA) is 29.3 Å². The summed E-state index contributed by atoms with van der Waals surface area (Å²) in [6.45, 7) is 1.75. The van der Waals surface area contributed by atoms with E-state index in [0.29, 0.717) is 13.1 Å². The van der Waals surface area contributed by atoms with Gasteiger partial charge in [-0.05, 0) is 47.4 Å². The largest absolute Gasteiger partial charge is 0.367 e. The van der Waals surface area contributed by atoms with E-state index in [0.717, 1.165) is 35.3 Å². The van der Waals surface area contributed by atoms with Gasteiger partial charge in [-0.2, -0.15) is 0 Å². The first-order valence-electron chi connectivity index (χ1n) is 6.68. The molecule has 0 aliphatic carbocycles. The molecular formula is C16H16F2N2. The molecule has 0 spiro atoms. The van der Waals surface area contributed by atoms with Gasteiger partial charge in [-0.15, -0.1) is 0 Å². The fraction of sp³-hybridized carbons (Fsp3) is 0.250. The van der Waals surface area contributed by atoms with E-state index in [1.54, 1.807) is 12.1 Å². The third kappa shape index (κ3) is 2.39. The van der Waals surface area contributed by atoms with Crippen LogP contribution in [0.15, 0.2) is 36.4 Å². The third-order valence-electron chi connectivity index (χ3n) is 3.79. The lowest BCUT2D eigenvalue weighted by Gasteiger charge is -2.21. The molecule has 20 heavy (non-hydrogen) atoms. The fourth-order valence-corrected chi connectivity index (χ4v) is 2.73. The molecule has 1 aliphatic heterocycles. The van der Waals surface area contributed by atoms with E-state index in [9.17, 15) is 8.78 Å². The summed E-state index contributed by atoms with van der Waals surface area (Å²) in [5, 5.41) is 0. The molecule has 0 bridgehead atoms. The van der Waals surface area contributed by atoms with Crippen LogP contribution in [0.25, 0.3) is 0 Å². The molecule has 2 aromatic carbocycles. The highest BCUT2D eigenvalue weighted by Crippen LogP contribution is 2.30. The predicted octanol–water partition coefficient (Wildman–Crippen LogP) is 2.99. The zero-order chi connectivity index (χ0) is 14.1. The summed E-state index contributed by atoms with van der Waals surface area (Å²) in [5.74, 6) is -0.509. The summed E-state index contributed by atoms with van der Waals surface area (Å²) in [6.07, 6.45) is 0.892. The number of rotatable bonds is 3. The van der Waals surface area contributed by atoms with Crippen LogP contribution in [0.3, 0.4) is 0 Å². The molecule has 2 nitrogen and oxygen atoms in total. The van der Waals surface area contributed by atoms with E-state index < -0.39 is 0 Å². The van der Waals surface area contributed by atoms with E-state index in [-0.39, 0.29) is 11.6 Å². The van der Waals surface area contributed by atoms with Gasteiger partial charge in [0, 0.05) is 25.3 Å². The Bertz CT molecular complexity index is 640. The van der Waals surface area contributed by atoms with E-state index in [2.05, 4.69) is 4.90 Å². The summed E-state index contributed by atoms with van der Waals surface area (Å²) >= 11 is 0. The molecule has 0 radical (unpaired) electrons. The van der Waals surface area contributed by atoms with Gasteiger partial charge in [-0.3, -0.25) is 0 Å². The second-order valence-corrected chi connectivity index (χ2v) is 5.06. The standard InChI is InChI=1S/C16H16F2N2/c17-14-4-2-12(9-19)13(7-14)10-20-6-5-11-1-3-15(18)8-16(11)20/h1-4,7-8H,5-6,9-10,19H2. The lowest BCUT2D eigenvalue weighted by atomic mass is 10.1. The van der Waals surface area contributed by atoms with Crippen LogP contribution in [0.2, 0.25) is 0 Å². The van der Waals surface area contributed by atoms with Crippen molar-refractivity contribution in [2.24, 2.45) is 5.73 Å². The molecular weight excluding hydrogens is 258 g/mol. The van der Waals surface area contributed by atoms with Crippen LogP contribution < -0.4 is 10.6 Å². The first-order chi connectivity index (χ1) is 9.67. The van der Waals surface area contributed by atoms with Crippen LogP contribution in [-0.4, -0.2) is 6.54 Å². The second-order valence-electron chi connectivity index (χ2n) is 5.06. The van der Waals surface area contributed by atoms with E-state index in [1.807, 2.05) is 6.07 Å². The number of hydrogen-bond acceptors (Lipinski definition) is 2. The number of anilines is 1. The minimum atomic E-state index is -0.268. The molecule has 0 amide bonds. The Hall–Kier alpha value is -1.94. The second kappa shape index (κ2) is 5.21. The Morgan fingerprint density at radius 1 is 1.00 bits per heavy atom. The smallest absolute Gasteiger partial charge is 0.125 e. The normalized spacial score (nSPS) is 13.7. The molecule has 2 N–H and O–H groups in total. The summed E-state index contributed by atoms with van der Waals surface area (Å²) in [7, 11) is 0. The van der Waals surface area contributed by atoms with Gasteiger partial charge in [-0.1, -0.05) is 12.1 Å². The number of halogens is 2. The van der Waals surface area contributed by atoms with Crippen molar-refractivity contribution < 1.29 is 8.78 Å². The van der Waals surface area contributed by atoms with Crippen LogP contribution in [0.4, 0.5) is 14.5 Å². The fourth-order valence-electron chi connectivity index (χ4n) is 2.73. The highest BCUT2D eigenvalue weighted by molar-refractivity contribution is 5.58. The van der Waals surface area contributed by atoms with Crippen molar-refractivity contribution in [3.8, 4) is 0 Å². The minimum absolute atomic E-state index is 0.242. The Kier molecular flexibility index (Phi) is 3.40. The van der Waals surface area contributed by atoms with Crippen molar-refractivity contribution in [2.75, 3.05) is 11.4 Å². The Labute approximate surface area is 116 Å². The van der Waals surface area contributed by atoms with Crippen molar-refractivity contribution in [2.45, 2.75) is 19.5 Å². The molecule has 2 aromatic rings. The maximum Gasteiger partial charge on any atom is 0.125 e. The van der Waals surface area contributed by atoms with Crippen molar-refractivity contribution in [1.29, 1.82) is 0 Å². The molecule has 0 saturated carbocycles. The van der Waals surface area contributed by atoms with E-state index in [4.69, 9.17) is 5.73 Å². The van der Waals surface area contributed by atoms with Crippen LogP contribution in [-0.2, 0) is 19.5 Å². The van der Waals surface area contributed by atoms with Crippen LogP contribution in [0.1, 0.15) is 16.7 Å². The number of fused-ring (bicyclic) bond motifs is 1. The summed E-state index contributed by atoms with van der Waals surface area (Å²) in [5.41, 5.74) is 9.52. The Morgan fingerprint density at radius 2 is 1.75 bits per heavy atom. The highest BCUT2D eigenvalue weighted by atomic mass is 19.1. The number of nitrogens with two attached hydrogens (primary N) is 1. The summed E-state index contributed by atoms with van der Waals surface area (Å²) in [6, 6.07) is 9.50. The minimum Gasteiger partial charge on any atom is -0.367 e. The van der Waals surface area contributed by atoms with Gasteiger partial charge in [0.1, 0.15) is 11.6 Å². The number of hydrogen-bond donors (Lipinski definition) is 1. The molecule has 104 valence electrons. The Balaban J connectivity index is 1.91. The lowest BCUT2D eigenvalue weighted by molar-refractivity contribution is 0.622. The SMILES string of the molecule is NCc1ccc(F)cc1CN1CCc2ccc(F)cc21. The van der Waals surface area contributed by atoms with E-state index in [1.165, 1.54) is 18.2 Å². The van der Waals surface area contributed by atoms with Gasteiger partial charge in [0.2, 0.25) is 0 Å². The number of benzene rings is 2. The van der Waals surface area contributed by atoms with Gasteiger partial charge in [0.15, 0.2) is 0 Å². The van der Waals surface area contributed by atoms with Crippen molar-refractivity contribution in [3.05, 3.63) is 64.7 Å². The molecule has 1 heterocycles. The zero-order valence-electron chi connectivity index (χ0n) is 11.1. The van der Waals surface area contributed by atoms with Gasteiger partial charge in [-0.25, -0.2) is 8.78 Å².